The molecule has 20 heavy (non-hydrogen) atoms. The van der Waals surface area contributed by atoms with Crippen LogP contribution >= 0.6 is 0 Å². The number of primary sulfonamides is 1. The smallest absolute Gasteiger partial charge is 0.211 e. The fourth-order valence-electron chi connectivity index (χ4n) is 2.14. The summed E-state index contributed by atoms with van der Waals surface area (Å²) in [7, 11) is -3.24. The Balaban J connectivity index is 0.000000246. The molecule has 0 unspecified atom stereocenters. The maximum Gasteiger partial charge on any atom is 0.211 e. The molecule has 1 aromatic carbocycles. The highest BCUT2D eigenvalue weighted by molar-refractivity contribution is 7.89. The first-order chi connectivity index (χ1) is 9.26. The summed E-state index contributed by atoms with van der Waals surface area (Å²) in [4.78, 5) is 0. The van der Waals surface area contributed by atoms with Gasteiger partial charge in [-0.1, -0.05) is 36.8 Å². The van der Waals surface area contributed by atoms with Gasteiger partial charge in [-0.2, -0.15) is 0 Å². The van der Waals surface area contributed by atoms with Gasteiger partial charge in [-0.3, -0.25) is 0 Å². The molecule has 0 saturated heterocycles. The van der Waals surface area contributed by atoms with Crippen LogP contribution in [-0.2, 0) is 15.7 Å². The number of hydrogen-bond acceptors (Lipinski definition) is 2. The highest BCUT2D eigenvalue weighted by atomic mass is 32.2. The molecule has 0 aliphatic heterocycles. The third kappa shape index (κ3) is 5.21. The molecule has 1 aromatic rings. The third-order valence-electron chi connectivity index (χ3n) is 3.59. The second-order valence-electron chi connectivity index (χ2n) is 5.53. The number of benzene rings is 1. The van der Waals surface area contributed by atoms with Gasteiger partial charge in [-0.05, 0) is 45.1 Å². The molecule has 0 aromatic heterocycles. The number of hydrogen-bond donors (Lipinski definition) is 1. The summed E-state index contributed by atoms with van der Waals surface area (Å²) < 4.78 is 34.5. The summed E-state index contributed by atoms with van der Waals surface area (Å²) in [6.07, 6.45) is 4.67. The summed E-state index contributed by atoms with van der Waals surface area (Å²) in [6.45, 7) is 3.07. The summed E-state index contributed by atoms with van der Waals surface area (Å²) in [5.41, 5.74) is -0.158. The fourth-order valence-corrected chi connectivity index (χ4v) is 2.14. The molecule has 0 atom stereocenters. The Bertz CT molecular complexity index is 494. The van der Waals surface area contributed by atoms with Crippen molar-refractivity contribution >= 4 is 10.0 Å². The molecule has 0 heterocycles. The van der Waals surface area contributed by atoms with Crippen molar-refractivity contribution < 1.29 is 12.8 Å². The number of sulfonamides is 1. The van der Waals surface area contributed by atoms with E-state index in [9.17, 15) is 12.8 Å². The molecule has 2 N–H and O–H groups in total. The number of halogens is 1. The average Bonchev–Trinajstić information content (AvgIpc) is 2.40. The van der Waals surface area contributed by atoms with Gasteiger partial charge < -0.3 is 0 Å². The summed E-state index contributed by atoms with van der Waals surface area (Å²) in [5, 5.41) is 4.20. The van der Waals surface area contributed by atoms with Crippen LogP contribution in [0.25, 0.3) is 0 Å². The molecule has 3 nitrogen and oxygen atoms in total. The van der Waals surface area contributed by atoms with E-state index in [1.54, 1.807) is 0 Å². The molecule has 0 radical (unpaired) electrons. The Kier molecular flexibility index (Phi) is 6.14. The van der Waals surface area contributed by atoms with Gasteiger partial charge in [0.1, 0.15) is 5.67 Å². The predicted octanol–water partition coefficient (Wildman–Crippen LogP) is 3.50. The zero-order valence-electron chi connectivity index (χ0n) is 12.2. The van der Waals surface area contributed by atoms with E-state index in [0.29, 0.717) is 12.8 Å². The van der Waals surface area contributed by atoms with Crippen molar-refractivity contribution in [2.24, 2.45) is 5.14 Å². The third-order valence-corrected chi connectivity index (χ3v) is 4.91. The van der Waals surface area contributed by atoms with Gasteiger partial charge in [0.2, 0.25) is 10.0 Å². The summed E-state index contributed by atoms with van der Waals surface area (Å²) >= 11 is 0. The van der Waals surface area contributed by atoms with Gasteiger partial charge in [-0.25, -0.2) is 17.9 Å². The maximum atomic E-state index is 14.3. The SMILES string of the molecule is CC(C)S(N)(=O)=O.FC1(c2ccccc2)CCCCC1. The largest absolute Gasteiger partial charge is 0.239 e. The number of nitrogens with two attached hydrogens (primary N) is 1. The van der Waals surface area contributed by atoms with Crippen LogP contribution in [0.15, 0.2) is 30.3 Å². The Labute approximate surface area is 121 Å². The van der Waals surface area contributed by atoms with E-state index in [1.165, 1.54) is 20.3 Å². The lowest BCUT2D eigenvalue weighted by atomic mass is 9.81. The van der Waals surface area contributed by atoms with Crippen LogP contribution < -0.4 is 5.14 Å². The highest BCUT2D eigenvalue weighted by Gasteiger charge is 2.32. The molecule has 114 valence electrons. The maximum absolute atomic E-state index is 14.3. The van der Waals surface area contributed by atoms with Gasteiger partial charge in [0, 0.05) is 0 Å². The second-order valence-corrected chi connectivity index (χ2v) is 7.65. The molecular formula is C15H24FNO2S. The molecule has 1 aliphatic carbocycles. The van der Waals surface area contributed by atoms with Crippen LogP contribution in [0.1, 0.15) is 51.5 Å². The molecule has 1 aliphatic rings. The van der Waals surface area contributed by atoms with E-state index < -0.39 is 20.9 Å². The lowest BCUT2D eigenvalue weighted by molar-refractivity contribution is 0.106. The zero-order chi connectivity index (χ0) is 15.2. The van der Waals surface area contributed by atoms with Gasteiger partial charge in [0.05, 0.1) is 5.25 Å². The lowest BCUT2D eigenvalue weighted by Gasteiger charge is -2.29. The van der Waals surface area contributed by atoms with Crippen LogP contribution in [0.5, 0.6) is 0 Å². The zero-order valence-corrected chi connectivity index (χ0v) is 13.0. The van der Waals surface area contributed by atoms with E-state index in [0.717, 1.165) is 18.4 Å². The van der Waals surface area contributed by atoms with E-state index in [1.807, 2.05) is 30.3 Å². The van der Waals surface area contributed by atoms with Gasteiger partial charge >= 0.3 is 0 Å². The second kappa shape index (κ2) is 7.18. The van der Waals surface area contributed by atoms with Crippen molar-refractivity contribution in [3.8, 4) is 0 Å². The Morgan fingerprint density at radius 2 is 1.55 bits per heavy atom. The Morgan fingerprint density at radius 1 is 1.10 bits per heavy atom. The molecule has 0 amide bonds. The Hall–Kier alpha value is -0.940. The van der Waals surface area contributed by atoms with Crippen molar-refractivity contribution in [2.75, 3.05) is 0 Å². The van der Waals surface area contributed by atoms with E-state index >= 15 is 0 Å². The molecular weight excluding hydrogens is 277 g/mol. The molecule has 0 bridgehead atoms. The quantitative estimate of drug-likeness (QED) is 0.909. The summed E-state index contributed by atoms with van der Waals surface area (Å²) in [6, 6.07) is 9.60. The first-order valence-corrected chi connectivity index (χ1v) is 8.63. The molecule has 5 heteroatoms. The van der Waals surface area contributed by atoms with E-state index in [4.69, 9.17) is 0 Å². The Morgan fingerprint density at radius 3 is 1.95 bits per heavy atom. The topological polar surface area (TPSA) is 60.2 Å². The van der Waals surface area contributed by atoms with E-state index in [2.05, 4.69) is 5.14 Å². The van der Waals surface area contributed by atoms with Gasteiger partial charge in [0.25, 0.3) is 0 Å². The van der Waals surface area contributed by atoms with Crippen LogP contribution in [0.2, 0.25) is 0 Å². The van der Waals surface area contributed by atoms with Crippen LogP contribution in [-0.4, -0.2) is 13.7 Å². The standard InChI is InChI=1S/C12H15F.C3H9NO2S/c13-12(9-5-2-6-10-12)11-7-3-1-4-8-11;1-3(2)7(4,5)6/h1,3-4,7-8H,2,5-6,9-10H2;3H,1-2H3,(H2,4,5,6). The number of alkyl halides is 1. The molecule has 2 rings (SSSR count). The van der Waals surface area contributed by atoms with E-state index in [-0.39, 0.29) is 0 Å². The molecule has 0 spiro atoms. The average molecular weight is 301 g/mol. The van der Waals surface area contributed by atoms with Crippen molar-refractivity contribution in [1.82, 2.24) is 0 Å². The van der Waals surface area contributed by atoms with Crippen LogP contribution in [0.4, 0.5) is 4.39 Å². The number of rotatable bonds is 2. The van der Waals surface area contributed by atoms with Crippen LogP contribution in [0.3, 0.4) is 0 Å². The minimum absolute atomic E-state index is 0.451. The van der Waals surface area contributed by atoms with Crippen LogP contribution in [0, 0.1) is 0 Å². The first-order valence-electron chi connectivity index (χ1n) is 7.02. The summed E-state index contributed by atoms with van der Waals surface area (Å²) in [5.74, 6) is 0. The fraction of sp³-hybridized carbons (Fsp3) is 0.600. The van der Waals surface area contributed by atoms with Crippen molar-refractivity contribution in [3.63, 3.8) is 0 Å². The van der Waals surface area contributed by atoms with Gasteiger partial charge in [-0.15, -0.1) is 0 Å². The normalized spacial score (nSPS) is 18.2. The predicted molar refractivity (Wildman–Crippen MR) is 80.6 cm³/mol. The monoisotopic (exact) mass is 301 g/mol. The van der Waals surface area contributed by atoms with Crippen molar-refractivity contribution in [2.45, 2.75) is 56.9 Å². The highest BCUT2D eigenvalue weighted by Crippen LogP contribution is 2.40. The molecule has 1 saturated carbocycles. The van der Waals surface area contributed by atoms with Gasteiger partial charge in [0.15, 0.2) is 0 Å². The van der Waals surface area contributed by atoms with Crippen molar-refractivity contribution in [3.05, 3.63) is 35.9 Å². The minimum Gasteiger partial charge on any atom is -0.239 e. The minimum atomic E-state index is -3.24. The molecule has 1 fully saturated rings. The first kappa shape index (κ1) is 17.1. The van der Waals surface area contributed by atoms with Crippen molar-refractivity contribution in [1.29, 1.82) is 0 Å². The lowest BCUT2D eigenvalue weighted by Crippen LogP contribution is -2.23.